The Morgan fingerprint density at radius 1 is 1.40 bits per heavy atom. The Morgan fingerprint density at radius 3 is 2.60 bits per heavy atom. The number of nitrogens with zero attached hydrogens (tertiary/aromatic N) is 2. The van der Waals surface area contributed by atoms with E-state index in [1.165, 1.54) is 22.8 Å². The Labute approximate surface area is 120 Å². The molecule has 20 heavy (non-hydrogen) atoms. The summed E-state index contributed by atoms with van der Waals surface area (Å²) in [4.78, 5) is 14.7. The molecule has 2 aromatic heterocycles. The van der Waals surface area contributed by atoms with Crippen LogP contribution >= 0.6 is 11.3 Å². The van der Waals surface area contributed by atoms with Gasteiger partial charge in [-0.15, -0.1) is 11.3 Å². The lowest BCUT2D eigenvalue weighted by atomic mass is 10.3. The highest BCUT2D eigenvalue weighted by Gasteiger charge is 2.23. The van der Waals surface area contributed by atoms with Crippen LogP contribution in [0.2, 0.25) is 0 Å². The molecule has 6 nitrogen and oxygen atoms in total. The van der Waals surface area contributed by atoms with Crippen molar-refractivity contribution in [1.82, 2.24) is 9.29 Å². The van der Waals surface area contributed by atoms with Gasteiger partial charge in [-0.1, -0.05) is 0 Å². The van der Waals surface area contributed by atoms with Crippen LogP contribution in [0.5, 0.6) is 0 Å². The van der Waals surface area contributed by atoms with Gasteiger partial charge in [-0.2, -0.15) is 4.31 Å². The van der Waals surface area contributed by atoms with Crippen molar-refractivity contribution in [3.05, 3.63) is 46.4 Å². The van der Waals surface area contributed by atoms with Crippen LogP contribution in [0.1, 0.15) is 15.2 Å². The van der Waals surface area contributed by atoms with E-state index in [0.29, 0.717) is 0 Å². The van der Waals surface area contributed by atoms with Gasteiger partial charge in [0.2, 0.25) is 10.0 Å². The molecule has 0 saturated heterocycles. The predicted molar refractivity (Wildman–Crippen MR) is 74.2 cm³/mol. The van der Waals surface area contributed by atoms with E-state index in [0.717, 1.165) is 16.9 Å². The maximum absolute atomic E-state index is 12.3. The molecule has 0 unspecified atom stereocenters. The van der Waals surface area contributed by atoms with Crippen LogP contribution in [0, 0.1) is 0 Å². The Hall–Kier alpha value is -1.77. The molecule has 0 aromatic carbocycles. The van der Waals surface area contributed by atoms with Crippen molar-refractivity contribution in [2.75, 3.05) is 7.05 Å². The van der Waals surface area contributed by atoms with Gasteiger partial charge >= 0.3 is 5.97 Å². The number of carbonyl (C=O) groups is 1. The molecule has 0 saturated carbocycles. The van der Waals surface area contributed by atoms with Gasteiger partial charge in [-0.05, 0) is 23.8 Å². The maximum Gasteiger partial charge on any atom is 0.345 e. The van der Waals surface area contributed by atoms with Gasteiger partial charge in [0.1, 0.15) is 4.88 Å². The Kier molecular flexibility index (Phi) is 4.17. The molecule has 1 N–H and O–H groups in total. The second kappa shape index (κ2) is 5.70. The molecule has 0 fully saturated rings. The Bertz CT molecular complexity index is 710. The van der Waals surface area contributed by atoms with E-state index >= 15 is 0 Å². The monoisotopic (exact) mass is 312 g/mol. The highest BCUT2D eigenvalue weighted by Crippen LogP contribution is 2.23. The zero-order valence-corrected chi connectivity index (χ0v) is 12.2. The minimum atomic E-state index is -3.69. The van der Waals surface area contributed by atoms with E-state index in [4.69, 9.17) is 5.11 Å². The van der Waals surface area contributed by atoms with Gasteiger partial charge in [0.05, 0.1) is 4.90 Å². The smallest absolute Gasteiger partial charge is 0.345 e. The van der Waals surface area contributed by atoms with Crippen LogP contribution in [-0.2, 0) is 16.6 Å². The van der Waals surface area contributed by atoms with E-state index in [9.17, 15) is 13.2 Å². The summed E-state index contributed by atoms with van der Waals surface area (Å²) in [6.07, 6.45) is 3.17. The lowest BCUT2D eigenvalue weighted by molar-refractivity contribution is 0.0702. The lowest BCUT2D eigenvalue weighted by Gasteiger charge is -2.16. The van der Waals surface area contributed by atoms with Gasteiger partial charge in [-0.3, -0.25) is 4.98 Å². The molecule has 106 valence electrons. The molecule has 2 rings (SSSR count). The molecule has 0 radical (unpaired) electrons. The molecule has 0 aliphatic rings. The summed E-state index contributed by atoms with van der Waals surface area (Å²) in [5, 5.41) is 10.2. The van der Waals surface area contributed by atoms with E-state index < -0.39 is 16.0 Å². The van der Waals surface area contributed by atoms with Crippen LogP contribution < -0.4 is 0 Å². The molecular formula is C12H12N2O4S2. The Balaban J connectivity index is 2.23. The fraction of sp³-hybridized carbons (Fsp3) is 0.167. The standard InChI is InChI=1S/C12H12N2O4S2/c1-14(7-9-2-4-13-5-3-9)20(17,18)10-6-11(12(15)16)19-8-10/h2-6,8H,7H2,1H3,(H,15,16). The van der Waals surface area contributed by atoms with Crippen LogP contribution in [0.3, 0.4) is 0 Å². The van der Waals surface area contributed by atoms with Crippen molar-refractivity contribution < 1.29 is 18.3 Å². The number of thiophene rings is 1. The number of rotatable bonds is 5. The van der Waals surface area contributed by atoms with Crippen molar-refractivity contribution in [3.8, 4) is 0 Å². The zero-order valence-electron chi connectivity index (χ0n) is 10.6. The van der Waals surface area contributed by atoms with E-state index in [-0.39, 0.29) is 16.3 Å². The van der Waals surface area contributed by atoms with Crippen molar-refractivity contribution in [1.29, 1.82) is 0 Å². The Morgan fingerprint density at radius 2 is 2.05 bits per heavy atom. The fourth-order valence-electron chi connectivity index (χ4n) is 1.58. The van der Waals surface area contributed by atoms with Crippen molar-refractivity contribution >= 4 is 27.3 Å². The number of pyridine rings is 1. The van der Waals surface area contributed by atoms with Gasteiger partial charge in [0.15, 0.2) is 0 Å². The molecule has 0 spiro atoms. The second-order valence-electron chi connectivity index (χ2n) is 4.07. The van der Waals surface area contributed by atoms with Crippen LogP contribution in [0.25, 0.3) is 0 Å². The number of hydrogen-bond acceptors (Lipinski definition) is 5. The zero-order chi connectivity index (χ0) is 14.8. The fourth-order valence-corrected chi connectivity index (χ4v) is 3.83. The van der Waals surface area contributed by atoms with Crippen molar-refractivity contribution in [2.24, 2.45) is 0 Å². The molecule has 2 aromatic rings. The molecule has 0 aliphatic heterocycles. The second-order valence-corrected chi connectivity index (χ2v) is 7.02. The summed E-state index contributed by atoms with van der Waals surface area (Å²) in [7, 11) is -2.24. The minimum absolute atomic E-state index is 0.000820. The van der Waals surface area contributed by atoms with E-state index in [2.05, 4.69) is 4.98 Å². The summed E-state index contributed by atoms with van der Waals surface area (Å²) in [6.45, 7) is 0.198. The quantitative estimate of drug-likeness (QED) is 0.907. The van der Waals surface area contributed by atoms with Crippen molar-refractivity contribution in [2.45, 2.75) is 11.4 Å². The van der Waals surface area contributed by atoms with Gasteiger partial charge in [0, 0.05) is 31.4 Å². The molecule has 0 amide bonds. The van der Waals surface area contributed by atoms with Crippen molar-refractivity contribution in [3.63, 3.8) is 0 Å². The topological polar surface area (TPSA) is 87.6 Å². The number of sulfonamides is 1. The first-order valence-electron chi connectivity index (χ1n) is 5.58. The van der Waals surface area contributed by atoms with Crippen LogP contribution in [0.4, 0.5) is 0 Å². The highest BCUT2D eigenvalue weighted by molar-refractivity contribution is 7.89. The first-order valence-corrected chi connectivity index (χ1v) is 7.90. The first kappa shape index (κ1) is 14.6. The number of carboxylic acids is 1. The molecule has 0 atom stereocenters. The normalized spacial score (nSPS) is 11.7. The van der Waals surface area contributed by atoms with Gasteiger partial charge < -0.3 is 5.11 Å². The van der Waals surface area contributed by atoms with E-state index in [1.807, 2.05) is 0 Å². The number of carboxylic acid groups (broad SMARTS) is 1. The lowest BCUT2D eigenvalue weighted by Crippen LogP contribution is -2.26. The van der Waals surface area contributed by atoms with Crippen LogP contribution in [-0.4, -0.2) is 35.8 Å². The predicted octanol–water partition coefficient (Wildman–Crippen LogP) is 1.66. The summed E-state index contributed by atoms with van der Waals surface area (Å²) >= 11 is 0.893. The summed E-state index contributed by atoms with van der Waals surface area (Å²) in [5.74, 6) is -1.13. The summed E-state index contributed by atoms with van der Waals surface area (Å²) in [5.41, 5.74) is 0.805. The number of aromatic carboxylic acids is 1. The third-order valence-corrected chi connectivity index (χ3v) is 5.50. The van der Waals surface area contributed by atoms with Gasteiger partial charge in [0.25, 0.3) is 0 Å². The SMILES string of the molecule is CN(Cc1ccncc1)S(=O)(=O)c1csc(C(=O)O)c1. The third kappa shape index (κ3) is 3.03. The average Bonchev–Trinajstić information content (AvgIpc) is 2.90. The summed E-state index contributed by atoms with van der Waals surface area (Å²) < 4.78 is 25.8. The molecular weight excluding hydrogens is 300 g/mol. The third-order valence-electron chi connectivity index (χ3n) is 2.65. The molecule has 0 bridgehead atoms. The molecule has 0 aliphatic carbocycles. The first-order chi connectivity index (χ1) is 9.41. The minimum Gasteiger partial charge on any atom is -0.477 e. The van der Waals surface area contributed by atoms with Gasteiger partial charge in [-0.25, -0.2) is 13.2 Å². The number of hydrogen-bond donors (Lipinski definition) is 1. The number of aromatic nitrogens is 1. The molecule has 8 heteroatoms. The average molecular weight is 312 g/mol. The van der Waals surface area contributed by atoms with Crippen LogP contribution in [0.15, 0.2) is 40.9 Å². The van der Waals surface area contributed by atoms with E-state index in [1.54, 1.807) is 24.5 Å². The molecule has 2 heterocycles. The summed E-state index contributed by atoms with van der Waals surface area (Å²) in [6, 6.07) is 4.62. The largest absolute Gasteiger partial charge is 0.477 e. The maximum atomic E-state index is 12.3. The highest BCUT2D eigenvalue weighted by atomic mass is 32.2.